The van der Waals surface area contributed by atoms with Crippen LogP contribution in [0.1, 0.15) is 52.9 Å². The molecule has 0 aromatic rings. The smallest absolute Gasteiger partial charge is 0.334 e. The third-order valence-electron chi connectivity index (χ3n) is 6.26. The second-order valence-electron chi connectivity index (χ2n) is 8.56. The zero-order valence-electron chi connectivity index (χ0n) is 15.8. The van der Waals surface area contributed by atoms with Crippen LogP contribution in [0.2, 0.25) is 0 Å². The molecule has 2 fully saturated rings. The molecule has 2 N–H and O–H groups in total. The van der Waals surface area contributed by atoms with Gasteiger partial charge in [-0.2, -0.15) is 0 Å². The largest absolute Gasteiger partial charge is 0.456 e. The van der Waals surface area contributed by atoms with Gasteiger partial charge in [0.2, 0.25) is 0 Å². The van der Waals surface area contributed by atoms with Crippen LogP contribution in [0.15, 0.2) is 24.3 Å². The molecule has 0 unspecified atom stereocenters. The van der Waals surface area contributed by atoms with Crippen molar-refractivity contribution in [2.75, 3.05) is 0 Å². The molecule has 7 atom stereocenters. The van der Waals surface area contributed by atoms with Crippen LogP contribution in [0.4, 0.5) is 0 Å². The van der Waals surface area contributed by atoms with E-state index < -0.39 is 17.3 Å². The van der Waals surface area contributed by atoms with E-state index in [4.69, 9.17) is 14.4 Å². The Kier molecular flexibility index (Phi) is 5.32. The van der Waals surface area contributed by atoms with Gasteiger partial charge in [-0.1, -0.05) is 25.7 Å². The van der Waals surface area contributed by atoms with Gasteiger partial charge in [-0.05, 0) is 51.9 Å². The summed E-state index contributed by atoms with van der Waals surface area (Å²) < 4.78 is 11.9. The Morgan fingerprint density at radius 3 is 2.77 bits per heavy atom. The van der Waals surface area contributed by atoms with Gasteiger partial charge in [0.15, 0.2) is 0 Å². The Bertz CT molecular complexity index is 597. The van der Waals surface area contributed by atoms with Crippen LogP contribution in [0, 0.1) is 11.8 Å². The second-order valence-corrected chi connectivity index (χ2v) is 8.56. The number of aliphatic hydroxyl groups is 1. The molecular formula is C20H30O6. The van der Waals surface area contributed by atoms with Gasteiger partial charge in [-0.3, -0.25) is 5.26 Å². The lowest BCUT2D eigenvalue weighted by atomic mass is 9.76. The number of hydrogen-bond donors (Lipinski definition) is 2. The fourth-order valence-electron chi connectivity index (χ4n) is 4.39. The van der Waals surface area contributed by atoms with Gasteiger partial charge in [0.1, 0.15) is 11.7 Å². The van der Waals surface area contributed by atoms with Crippen LogP contribution >= 0.6 is 0 Å². The first-order chi connectivity index (χ1) is 12.2. The minimum atomic E-state index is -1.11. The van der Waals surface area contributed by atoms with E-state index in [9.17, 15) is 15.2 Å². The van der Waals surface area contributed by atoms with Crippen molar-refractivity contribution in [3.63, 3.8) is 0 Å². The molecule has 0 saturated carbocycles. The fourth-order valence-corrected chi connectivity index (χ4v) is 4.39. The van der Waals surface area contributed by atoms with Gasteiger partial charge < -0.3 is 14.6 Å². The Morgan fingerprint density at radius 1 is 1.35 bits per heavy atom. The number of hydrogen-bond acceptors (Lipinski definition) is 6. The lowest BCUT2D eigenvalue weighted by molar-refractivity contribution is -0.304. The van der Waals surface area contributed by atoms with Gasteiger partial charge in [0.05, 0.1) is 17.8 Å². The monoisotopic (exact) mass is 366 g/mol. The molecule has 3 rings (SSSR count). The van der Waals surface area contributed by atoms with Crippen molar-refractivity contribution in [2.45, 2.75) is 82.4 Å². The SMILES string of the molecule is C=C1C(=O)O[C@@H]2[C@H]3O[C@H](C[C@H]12)[C@@](C)(O)C/C=C/[C@](C)(OO)CCC[C@@H]3C. The lowest BCUT2D eigenvalue weighted by Gasteiger charge is -2.45. The van der Waals surface area contributed by atoms with Crippen molar-refractivity contribution < 1.29 is 29.5 Å². The maximum Gasteiger partial charge on any atom is 0.334 e. The minimum Gasteiger partial charge on any atom is -0.456 e. The Morgan fingerprint density at radius 2 is 2.08 bits per heavy atom. The van der Waals surface area contributed by atoms with Crippen molar-refractivity contribution in [1.82, 2.24) is 0 Å². The van der Waals surface area contributed by atoms with Gasteiger partial charge in [-0.15, -0.1) is 0 Å². The van der Waals surface area contributed by atoms with E-state index in [2.05, 4.69) is 13.5 Å². The fraction of sp³-hybridized carbons (Fsp3) is 0.750. The van der Waals surface area contributed by atoms with Crippen molar-refractivity contribution in [3.8, 4) is 0 Å². The molecule has 0 aromatic carbocycles. The maximum atomic E-state index is 12.0. The van der Waals surface area contributed by atoms with Crippen LogP contribution in [-0.2, 0) is 19.2 Å². The summed E-state index contributed by atoms with van der Waals surface area (Å²) in [6.07, 6.45) is 5.76. The molecule has 0 amide bonds. The molecular weight excluding hydrogens is 336 g/mol. The molecule has 0 aliphatic carbocycles. The molecule has 6 nitrogen and oxygen atoms in total. The predicted molar refractivity (Wildman–Crippen MR) is 95.3 cm³/mol. The van der Waals surface area contributed by atoms with E-state index in [1.807, 2.05) is 13.0 Å². The van der Waals surface area contributed by atoms with E-state index in [1.54, 1.807) is 13.0 Å². The molecule has 2 saturated heterocycles. The number of esters is 1. The zero-order chi connectivity index (χ0) is 19.1. The molecule has 0 spiro atoms. The Balaban J connectivity index is 1.91. The average molecular weight is 366 g/mol. The topological polar surface area (TPSA) is 85.2 Å². The standard InChI is InChI=1S/C20H30O6/c1-12-7-5-8-19(3,26-23)9-6-10-20(4,22)15-11-14-13(2)18(21)25-17(14)16(12)24-15/h6,9,12,14-17,22-23H,2,5,7-8,10-11H2,1,3-4H3/b9-6+/t12-,14+,15+,16-,17-,19+,20-/m0/s1. The van der Waals surface area contributed by atoms with Crippen molar-refractivity contribution in [3.05, 3.63) is 24.3 Å². The molecule has 0 aromatic heterocycles. The van der Waals surface area contributed by atoms with Crippen molar-refractivity contribution in [2.24, 2.45) is 11.8 Å². The van der Waals surface area contributed by atoms with Gasteiger partial charge in [0, 0.05) is 11.5 Å². The first-order valence-corrected chi connectivity index (χ1v) is 9.45. The Labute approximate surface area is 154 Å². The summed E-state index contributed by atoms with van der Waals surface area (Å²) in [6, 6.07) is 0. The summed E-state index contributed by atoms with van der Waals surface area (Å²) in [4.78, 5) is 16.7. The van der Waals surface area contributed by atoms with E-state index in [0.29, 0.717) is 24.8 Å². The first kappa shape index (κ1) is 19.5. The molecule has 146 valence electrons. The quantitative estimate of drug-likeness (QED) is 0.244. The second kappa shape index (κ2) is 7.08. The van der Waals surface area contributed by atoms with Crippen LogP contribution in [0.25, 0.3) is 0 Å². The highest BCUT2D eigenvalue weighted by molar-refractivity contribution is 5.91. The highest BCUT2D eigenvalue weighted by Crippen LogP contribution is 2.44. The van der Waals surface area contributed by atoms with E-state index >= 15 is 0 Å². The summed E-state index contributed by atoms with van der Waals surface area (Å²) in [5.74, 6) is -0.337. The molecule has 3 heterocycles. The number of ether oxygens (including phenoxy) is 2. The molecule has 2 bridgehead atoms. The Hall–Kier alpha value is -1.21. The molecule has 0 radical (unpaired) electrons. The van der Waals surface area contributed by atoms with E-state index in [1.165, 1.54) is 0 Å². The molecule has 6 heteroatoms. The van der Waals surface area contributed by atoms with Gasteiger partial charge >= 0.3 is 5.97 Å². The van der Waals surface area contributed by atoms with Crippen LogP contribution in [0.3, 0.4) is 0 Å². The molecule has 3 aliphatic rings. The van der Waals surface area contributed by atoms with Crippen molar-refractivity contribution in [1.29, 1.82) is 0 Å². The summed E-state index contributed by atoms with van der Waals surface area (Å²) >= 11 is 0. The highest BCUT2D eigenvalue weighted by atomic mass is 17.1. The van der Waals surface area contributed by atoms with Gasteiger partial charge in [-0.25, -0.2) is 9.68 Å². The van der Waals surface area contributed by atoms with E-state index in [-0.39, 0.29) is 30.0 Å². The third kappa shape index (κ3) is 3.60. The predicted octanol–water partition coefficient (Wildman–Crippen LogP) is 3.01. The van der Waals surface area contributed by atoms with Crippen molar-refractivity contribution >= 4 is 5.97 Å². The third-order valence-corrected chi connectivity index (χ3v) is 6.26. The first-order valence-electron chi connectivity index (χ1n) is 9.45. The normalized spacial score (nSPS) is 48.1. The van der Waals surface area contributed by atoms with E-state index in [0.717, 1.165) is 12.8 Å². The molecule has 26 heavy (non-hydrogen) atoms. The summed E-state index contributed by atoms with van der Waals surface area (Å²) in [5, 5.41) is 20.3. The zero-order valence-corrected chi connectivity index (χ0v) is 15.8. The number of carbonyl (C=O) groups is 1. The van der Waals surface area contributed by atoms with Crippen LogP contribution in [0.5, 0.6) is 0 Å². The average Bonchev–Trinajstić information content (AvgIpc) is 2.87. The lowest BCUT2D eigenvalue weighted by Crippen LogP contribution is -2.54. The molecule has 3 aliphatic heterocycles. The summed E-state index contributed by atoms with van der Waals surface area (Å²) in [7, 11) is 0. The maximum absolute atomic E-state index is 12.0. The number of fused-ring (bicyclic) bond motifs is 4. The number of carbonyl (C=O) groups excluding carboxylic acids is 1. The minimum absolute atomic E-state index is 0.113. The summed E-state index contributed by atoms with van der Waals surface area (Å²) in [6.45, 7) is 9.55. The van der Waals surface area contributed by atoms with Crippen LogP contribution < -0.4 is 0 Å². The summed E-state index contributed by atoms with van der Waals surface area (Å²) in [5.41, 5.74) is -1.40. The van der Waals surface area contributed by atoms with Crippen LogP contribution in [-0.4, -0.2) is 45.8 Å². The van der Waals surface area contributed by atoms with Gasteiger partial charge in [0.25, 0.3) is 0 Å². The highest BCUT2D eigenvalue weighted by Gasteiger charge is 2.53. The number of rotatable bonds is 1.